The Morgan fingerprint density at radius 3 is 2.82 bits per heavy atom. The number of hydrogen-bond acceptors (Lipinski definition) is 2. The summed E-state index contributed by atoms with van der Waals surface area (Å²) in [6, 6.07) is 7.94. The highest BCUT2D eigenvalue weighted by Crippen LogP contribution is 2.25. The van der Waals surface area contributed by atoms with Crippen LogP contribution in [0.25, 0.3) is 0 Å². The molecule has 17 heavy (non-hydrogen) atoms. The van der Waals surface area contributed by atoms with Crippen molar-refractivity contribution in [3.63, 3.8) is 0 Å². The molecule has 2 unspecified atom stereocenters. The predicted octanol–water partition coefficient (Wildman–Crippen LogP) is 1.80. The first kappa shape index (κ1) is 12.1. The van der Waals surface area contributed by atoms with E-state index in [1.807, 2.05) is 36.1 Å². The maximum absolute atomic E-state index is 12.5. The molecule has 1 amide bonds. The molecule has 92 valence electrons. The molecule has 0 spiro atoms. The molecule has 1 aliphatic heterocycles. The van der Waals surface area contributed by atoms with Crippen molar-refractivity contribution in [1.82, 2.24) is 4.90 Å². The molecule has 1 saturated heterocycles. The van der Waals surface area contributed by atoms with Gasteiger partial charge in [0.25, 0.3) is 5.91 Å². The number of nitrogens with zero attached hydrogens (tertiary/aromatic N) is 1. The molecule has 1 fully saturated rings. The van der Waals surface area contributed by atoms with Gasteiger partial charge >= 0.3 is 0 Å². The topological polar surface area (TPSA) is 46.3 Å². The smallest absolute Gasteiger partial charge is 0.254 e. The molecule has 3 heteroatoms. The summed E-state index contributed by atoms with van der Waals surface area (Å²) in [5.41, 5.74) is 7.62. The standard InChI is InChI=1S/C14H20N2O/c1-10-5-3-4-6-12(10)14(17)16-8-7-11(2)13(16)9-15/h3-6,11,13H,7-9,15H2,1-2H3. The van der Waals surface area contributed by atoms with Gasteiger partial charge in [-0.05, 0) is 30.9 Å². The van der Waals surface area contributed by atoms with E-state index < -0.39 is 0 Å². The Morgan fingerprint density at radius 2 is 2.18 bits per heavy atom. The van der Waals surface area contributed by atoms with E-state index >= 15 is 0 Å². The molecule has 2 N–H and O–H groups in total. The normalized spacial score (nSPS) is 24.1. The van der Waals surface area contributed by atoms with Crippen molar-refractivity contribution in [2.24, 2.45) is 11.7 Å². The molecular formula is C14H20N2O. The van der Waals surface area contributed by atoms with Crippen LogP contribution in [-0.4, -0.2) is 29.9 Å². The van der Waals surface area contributed by atoms with Gasteiger partial charge in [-0.3, -0.25) is 4.79 Å². The fourth-order valence-electron chi connectivity index (χ4n) is 2.59. The average molecular weight is 232 g/mol. The molecule has 2 rings (SSSR count). The van der Waals surface area contributed by atoms with Gasteiger partial charge in [0.2, 0.25) is 0 Å². The fraction of sp³-hybridized carbons (Fsp3) is 0.500. The van der Waals surface area contributed by atoms with Crippen molar-refractivity contribution in [3.8, 4) is 0 Å². The number of rotatable bonds is 2. The number of amides is 1. The molecule has 1 heterocycles. The molecule has 1 aromatic rings. The Kier molecular flexibility index (Phi) is 3.48. The molecule has 0 aromatic heterocycles. The van der Waals surface area contributed by atoms with Gasteiger partial charge in [-0.1, -0.05) is 25.1 Å². The summed E-state index contributed by atoms with van der Waals surface area (Å²) in [6.45, 7) is 5.53. The van der Waals surface area contributed by atoms with Crippen molar-refractivity contribution in [1.29, 1.82) is 0 Å². The number of hydrogen-bond donors (Lipinski definition) is 1. The molecule has 1 aliphatic rings. The Morgan fingerprint density at radius 1 is 1.47 bits per heavy atom. The molecule has 0 bridgehead atoms. The Hall–Kier alpha value is -1.35. The molecule has 1 aromatic carbocycles. The zero-order valence-electron chi connectivity index (χ0n) is 10.5. The van der Waals surface area contributed by atoms with Crippen molar-refractivity contribution < 1.29 is 4.79 Å². The Labute approximate surface area is 103 Å². The van der Waals surface area contributed by atoms with E-state index in [1.54, 1.807) is 0 Å². The van der Waals surface area contributed by atoms with Crippen molar-refractivity contribution in [3.05, 3.63) is 35.4 Å². The van der Waals surface area contributed by atoms with Crippen molar-refractivity contribution >= 4 is 5.91 Å². The summed E-state index contributed by atoms with van der Waals surface area (Å²) < 4.78 is 0. The minimum absolute atomic E-state index is 0.128. The van der Waals surface area contributed by atoms with Gasteiger partial charge in [0.05, 0.1) is 0 Å². The quantitative estimate of drug-likeness (QED) is 0.845. The van der Waals surface area contributed by atoms with Crippen LogP contribution in [0.1, 0.15) is 29.3 Å². The lowest BCUT2D eigenvalue weighted by Crippen LogP contribution is -2.42. The summed E-state index contributed by atoms with van der Waals surface area (Å²) in [5, 5.41) is 0. The maximum Gasteiger partial charge on any atom is 0.254 e. The largest absolute Gasteiger partial charge is 0.334 e. The summed E-state index contributed by atoms with van der Waals surface area (Å²) in [7, 11) is 0. The Bertz CT molecular complexity index is 416. The number of nitrogens with two attached hydrogens (primary N) is 1. The minimum atomic E-state index is 0.128. The molecule has 3 nitrogen and oxygen atoms in total. The van der Waals surface area contributed by atoms with E-state index in [0.717, 1.165) is 24.1 Å². The highest BCUT2D eigenvalue weighted by molar-refractivity contribution is 5.96. The van der Waals surface area contributed by atoms with Gasteiger partial charge in [-0.15, -0.1) is 0 Å². The van der Waals surface area contributed by atoms with Gasteiger partial charge in [-0.2, -0.15) is 0 Å². The molecule has 0 radical (unpaired) electrons. The van der Waals surface area contributed by atoms with E-state index in [4.69, 9.17) is 5.73 Å². The minimum Gasteiger partial charge on any atom is -0.334 e. The number of carbonyl (C=O) groups excluding carboxylic acids is 1. The van der Waals surface area contributed by atoms with Crippen molar-refractivity contribution in [2.75, 3.05) is 13.1 Å². The van der Waals surface area contributed by atoms with E-state index in [2.05, 4.69) is 6.92 Å². The van der Waals surface area contributed by atoms with Gasteiger partial charge in [0, 0.05) is 24.7 Å². The zero-order valence-corrected chi connectivity index (χ0v) is 10.5. The summed E-state index contributed by atoms with van der Waals surface area (Å²) >= 11 is 0. The van der Waals surface area contributed by atoms with Gasteiger partial charge < -0.3 is 10.6 Å². The van der Waals surface area contributed by atoms with Gasteiger partial charge in [0.15, 0.2) is 0 Å². The lowest BCUT2D eigenvalue weighted by Gasteiger charge is -2.26. The number of aryl methyl sites for hydroxylation is 1. The highest BCUT2D eigenvalue weighted by Gasteiger charge is 2.33. The number of carbonyl (C=O) groups is 1. The predicted molar refractivity (Wildman–Crippen MR) is 68.8 cm³/mol. The SMILES string of the molecule is Cc1ccccc1C(=O)N1CCC(C)C1CN. The van der Waals surface area contributed by atoms with Crippen LogP contribution in [0.4, 0.5) is 0 Å². The van der Waals surface area contributed by atoms with Gasteiger partial charge in [0.1, 0.15) is 0 Å². The van der Waals surface area contributed by atoms with E-state index in [-0.39, 0.29) is 11.9 Å². The summed E-state index contributed by atoms with van der Waals surface area (Å²) in [4.78, 5) is 14.4. The zero-order chi connectivity index (χ0) is 12.4. The van der Waals surface area contributed by atoms with Crippen LogP contribution in [0, 0.1) is 12.8 Å². The van der Waals surface area contributed by atoms with E-state index in [1.165, 1.54) is 0 Å². The number of likely N-dealkylation sites (tertiary alicyclic amines) is 1. The third-order valence-electron chi connectivity index (χ3n) is 3.76. The van der Waals surface area contributed by atoms with Gasteiger partial charge in [-0.25, -0.2) is 0 Å². The third-order valence-corrected chi connectivity index (χ3v) is 3.76. The van der Waals surface area contributed by atoms with E-state index in [0.29, 0.717) is 12.5 Å². The van der Waals surface area contributed by atoms with Crippen LogP contribution in [-0.2, 0) is 0 Å². The van der Waals surface area contributed by atoms with Crippen LogP contribution in [0.5, 0.6) is 0 Å². The molecule has 0 saturated carbocycles. The van der Waals surface area contributed by atoms with Crippen LogP contribution in [0.15, 0.2) is 24.3 Å². The third kappa shape index (κ3) is 2.20. The summed E-state index contributed by atoms with van der Waals surface area (Å²) in [6.07, 6.45) is 1.06. The second-order valence-corrected chi connectivity index (χ2v) is 4.88. The molecule has 0 aliphatic carbocycles. The lowest BCUT2D eigenvalue weighted by atomic mass is 10.0. The monoisotopic (exact) mass is 232 g/mol. The Balaban J connectivity index is 2.24. The second kappa shape index (κ2) is 4.88. The molecule has 2 atom stereocenters. The second-order valence-electron chi connectivity index (χ2n) is 4.88. The number of benzene rings is 1. The fourth-order valence-corrected chi connectivity index (χ4v) is 2.59. The maximum atomic E-state index is 12.5. The van der Waals surface area contributed by atoms with Crippen LogP contribution < -0.4 is 5.73 Å². The van der Waals surface area contributed by atoms with E-state index in [9.17, 15) is 4.79 Å². The van der Waals surface area contributed by atoms with Crippen LogP contribution >= 0.6 is 0 Å². The van der Waals surface area contributed by atoms with Crippen LogP contribution in [0.3, 0.4) is 0 Å². The first-order chi connectivity index (χ1) is 8.15. The average Bonchev–Trinajstić information content (AvgIpc) is 2.70. The first-order valence-corrected chi connectivity index (χ1v) is 6.21. The molecular weight excluding hydrogens is 212 g/mol. The first-order valence-electron chi connectivity index (χ1n) is 6.21. The summed E-state index contributed by atoms with van der Waals surface area (Å²) in [5.74, 6) is 0.635. The lowest BCUT2D eigenvalue weighted by molar-refractivity contribution is 0.0726. The van der Waals surface area contributed by atoms with Crippen LogP contribution in [0.2, 0.25) is 0 Å². The van der Waals surface area contributed by atoms with Crippen molar-refractivity contribution in [2.45, 2.75) is 26.3 Å². The highest BCUT2D eigenvalue weighted by atomic mass is 16.2.